The molecule has 0 atom stereocenters. The van der Waals surface area contributed by atoms with Gasteiger partial charge in [0, 0.05) is 11.0 Å². The Kier molecular flexibility index (Phi) is 3.91. The van der Waals surface area contributed by atoms with Crippen molar-refractivity contribution in [1.29, 1.82) is 0 Å². The van der Waals surface area contributed by atoms with Crippen LogP contribution in [0.25, 0.3) is 0 Å². The Labute approximate surface area is 91.9 Å². The number of rotatable bonds is 1. The van der Waals surface area contributed by atoms with Crippen LogP contribution in [-0.4, -0.2) is 23.0 Å². The largest absolute Gasteiger partial charge is 0.494 e. The Morgan fingerprint density at radius 2 is 1.50 bits per heavy atom. The van der Waals surface area contributed by atoms with Gasteiger partial charge in [0.05, 0.1) is 0 Å². The average Bonchev–Trinajstić information content (AvgIpc) is 1.99. The number of alkyl halides is 3. The normalized spacial score (nSPS) is 12.2. The molecule has 2 amide bonds. The topological polar surface area (TPSA) is 37.4 Å². The van der Waals surface area contributed by atoms with Crippen molar-refractivity contribution >= 4 is 11.8 Å². The van der Waals surface area contributed by atoms with Crippen molar-refractivity contribution in [1.82, 2.24) is 4.90 Å². The Balaban J connectivity index is 5.38. The maximum atomic E-state index is 12.6. The van der Waals surface area contributed by atoms with Crippen LogP contribution in [0.5, 0.6) is 0 Å². The first kappa shape index (κ1) is 14.7. The smallest absolute Gasteiger partial charge is 0.274 e. The van der Waals surface area contributed by atoms with Crippen LogP contribution in [0.4, 0.5) is 13.2 Å². The van der Waals surface area contributed by atoms with Crippen molar-refractivity contribution in [2.75, 3.05) is 0 Å². The molecule has 0 aromatic rings. The van der Waals surface area contributed by atoms with Crippen molar-refractivity contribution in [3.63, 3.8) is 0 Å². The van der Waals surface area contributed by atoms with Gasteiger partial charge >= 0.3 is 6.30 Å². The number of hydrogen-bond acceptors (Lipinski definition) is 2. The summed E-state index contributed by atoms with van der Waals surface area (Å²) in [6, 6.07) is 0. The molecular formula is C10H14F3NO2. The Morgan fingerprint density at radius 3 is 1.69 bits per heavy atom. The third-order valence-electron chi connectivity index (χ3n) is 1.67. The van der Waals surface area contributed by atoms with Crippen molar-refractivity contribution < 1.29 is 22.8 Å². The number of carbonyl (C=O) groups excluding carboxylic acids is 2. The van der Waals surface area contributed by atoms with Crippen LogP contribution < -0.4 is 0 Å². The summed E-state index contributed by atoms with van der Waals surface area (Å²) >= 11 is 0. The molecule has 0 unspecified atom stereocenters. The number of carbonyl (C=O) groups is 2. The van der Waals surface area contributed by atoms with Gasteiger partial charge in [0.15, 0.2) is 0 Å². The summed E-state index contributed by atoms with van der Waals surface area (Å²) in [5.74, 6) is -2.72. The van der Waals surface area contributed by atoms with E-state index in [1.165, 1.54) is 20.8 Å². The molecule has 0 saturated carbocycles. The number of amides is 2. The minimum Gasteiger partial charge on any atom is -0.274 e. The van der Waals surface area contributed by atoms with E-state index >= 15 is 0 Å². The maximum absolute atomic E-state index is 12.6. The Morgan fingerprint density at radius 1 is 1.12 bits per heavy atom. The van der Waals surface area contributed by atoms with Crippen molar-refractivity contribution in [3.05, 3.63) is 12.2 Å². The summed E-state index contributed by atoms with van der Waals surface area (Å²) in [5, 5.41) is 0. The van der Waals surface area contributed by atoms with Gasteiger partial charge in [-0.05, 0) is 6.92 Å². The molecule has 92 valence electrons. The summed E-state index contributed by atoms with van der Waals surface area (Å²) < 4.78 is 37.7. The molecule has 0 aliphatic rings. The van der Waals surface area contributed by atoms with Crippen LogP contribution in [0.15, 0.2) is 12.2 Å². The molecule has 16 heavy (non-hydrogen) atoms. The summed E-state index contributed by atoms with van der Waals surface area (Å²) in [6.07, 6.45) is -5.03. The van der Waals surface area contributed by atoms with Crippen LogP contribution in [0.3, 0.4) is 0 Å². The Bertz CT molecular complexity index is 326. The highest BCUT2D eigenvalue weighted by Crippen LogP contribution is 2.29. The van der Waals surface area contributed by atoms with Crippen LogP contribution in [0.2, 0.25) is 0 Å². The molecule has 6 heteroatoms. The van der Waals surface area contributed by atoms with E-state index in [9.17, 15) is 22.8 Å². The Hall–Kier alpha value is -1.33. The summed E-state index contributed by atoms with van der Waals surface area (Å²) in [7, 11) is 0. The van der Waals surface area contributed by atoms with Crippen molar-refractivity contribution in [2.45, 2.75) is 34.0 Å². The average molecular weight is 237 g/mol. The summed E-state index contributed by atoms with van der Waals surface area (Å²) in [4.78, 5) is 22.1. The standard InChI is InChI=1S/C10H14F3NO2/c1-6(2)7(15)14(10(11,12)13)8(16)9(3,4)5/h1H2,2-5H3. The minimum atomic E-state index is -5.03. The van der Waals surface area contributed by atoms with Crippen LogP contribution >= 0.6 is 0 Å². The number of hydrogen-bond donors (Lipinski definition) is 0. The minimum absolute atomic E-state index is 0.338. The quantitative estimate of drug-likeness (QED) is 0.519. The van der Waals surface area contributed by atoms with Gasteiger partial charge in [0.1, 0.15) is 0 Å². The second-order valence-corrected chi connectivity index (χ2v) is 4.44. The first-order valence-corrected chi connectivity index (χ1v) is 4.50. The van der Waals surface area contributed by atoms with E-state index in [2.05, 4.69) is 6.58 Å². The van der Waals surface area contributed by atoms with E-state index in [-0.39, 0.29) is 5.57 Å². The number of imide groups is 1. The lowest BCUT2D eigenvalue weighted by Crippen LogP contribution is -2.51. The van der Waals surface area contributed by atoms with Gasteiger partial charge in [-0.2, -0.15) is 4.90 Å². The number of nitrogens with zero attached hydrogens (tertiary/aromatic N) is 1. The lowest BCUT2D eigenvalue weighted by molar-refractivity contribution is -0.238. The molecule has 3 nitrogen and oxygen atoms in total. The SMILES string of the molecule is C=C(C)C(=O)N(C(=O)C(C)(C)C)C(F)(F)F. The second-order valence-electron chi connectivity index (χ2n) is 4.44. The zero-order chi connectivity index (χ0) is 13.3. The molecule has 0 saturated heterocycles. The molecule has 0 aromatic carbocycles. The highest BCUT2D eigenvalue weighted by Gasteiger charge is 2.48. The fraction of sp³-hybridized carbons (Fsp3) is 0.600. The second kappa shape index (κ2) is 4.27. The molecule has 0 aliphatic heterocycles. The van der Waals surface area contributed by atoms with Gasteiger partial charge in [0.2, 0.25) is 5.91 Å². The van der Waals surface area contributed by atoms with E-state index < -0.39 is 28.4 Å². The van der Waals surface area contributed by atoms with Crippen LogP contribution in [0, 0.1) is 5.41 Å². The van der Waals surface area contributed by atoms with E-state index in [0.717, 1.165) is 6.92 Å². The lowest BCUT2D eigenvalue weighted by atomic mass is 9.94. The zero-order valence-electron chi connectivity index (χ0n) is 9.60. The molecule has 0 fully saturated rings. The predicted octanol–water partition coefficient (Wildman–Crippen LogP) is 2.48. The van der Waals surface area contributed by atoms with Crippen LogP contribution in [0.1, 0.15) is 27.7 Å². The monoisotopic (exact) mass is 237 g/mol. The van der Waals surface area contributed by atoms with Crippen LogP contribution in [-0.2, 0) is 9.59 Å². The number of halogens is 3. The summed E-state index contributed by atoms with van der Waals surface area (Å²) in [6.45, 7) is 8.15. The van der Waals surface area contributed by atoms with Gasteiger partial charge in [0.25, 0.3) is 5.91 Å². The first-order valence-electron chi connectivity index (χ1n) is 4.50. The fourth-order valence-corrected chi connectivity index (χ4v) is 0.849. The van der Waals surface area contributed by atoms with E-state index in [4.69, 9.17) is 0 Å². The third-order valence-corrected chi connectivity index (χ3v) is 1.67. The van der Waals surface area contributed by atoms with Crippen molar-refractivity contribution in [3.8, 4) is 0 Å². The summed E-state index contributed by atoms with van der Waals surface area (Å²) in [5.41, 5.74) is -1.63. The fourth-order valence-electron chi connectivity index (χ4n) is 0.849. The lowest BCUT2D eigenvalue weighted by Gasteiger charge is -2.29. The molecule has 0 radical (unpaired) electrons. The molecule has 0 aliphatic carbocycles. The highest BCUT2D eigenvalue weighted by molar-refractivity contribution is 6.05. The van der Waals surface area contributed by atoms with Gasteiger partial charge < -0.3 is 0 Å². The molecule has 0 aromatic heterocycles. The van der Waals surface area contributed by atoms with E-state index in [0.29, 0.717) is 0 Å². The molecule has 0 bridgehead atoms. The van der Waals surface area contributed by atoms with Crippen molar-refractivity contribution in [2.24, 2.45) is 5.41 Å². The van der Waals surface area contributed by atoms with E-state index in [1.807, 2.05) is 0 Å². The first-order chi connectivity index (χ1) is 6.89. The highest BCUT2D eigenvalue weighted by atomic mass is 19.4. The molecule has 0 spiro atoms. The van der Waals surface area contributed by atoms with E-state index in [1.54, 1.807) is 0 Å². The molecule has 0 heterocycles. The molecular weight excluding hydrogens is 223 g/mol. The predicted molar refractivity (Wildman–Crippen MR) is 52.2 cm³/mol. The van der Waals surface area contributed by atoms with Gasteiger partial charge in [-0.15, -0.1) is 13.2 Å². The van der Waals surface area contributed by atoms with Gasteiger partial charge in [-0.3, -0.25) is 9.59 Å². The van der Waals surface area contributed by atoms with Gasteiger partial charge in [-0.1, -0.05) is 27.4 Å². The molecule has 0 rings (SSSR count). The third kappa shape index (κ3) is 3.36. The molecule has 0 N–H and O–H groups in total. The zero-order valence-corrected chi connectivity index (χ0v) is 9.60. The van der Waals surface area contributed by atoms with Gasteiger partial charge in [-0.25, -0.2) is 0 Å². The maximum Gasteiger partial charge on any atom is 0.494 e.